The Morgan fingerprint density at radius 3 is 2.64 bits per heavy atom. The maximum atomic E-state index is 13.3. The van der Waals surface area contributed by atoms with E-state index in [0.717, 1.165) is 23.2 Å². The quantitative estimate of drug-likeness (QED) is 0.257. The lowest BCUT2D eigenvalue weighted by Crippen LogP contribution is -2.46. The van der Waals surface area contributed by atoms with Gasteiger partial charge in [0.1, 0.15) is 22.7 Å². The highest BCUT2D eigenvalue weighted by molar-refractivity contribution is 9.10. The number of pyridine rings is 1. The van der Waals surface area contributed by atoms with Crippen molar-refractivity contribution in [3.63, 3.8) is 0 Å². The minimum absolute atomic E-state index is 0.0208. The highest BCUT2D eigenvalue weighted by Crippen LogP contribution is 2.27. The smallest absolute Gasteiger partial charge is 0.244 e. The van der Waals surface area contributed by atoms with Gasteiger partial charge in [-0.15, -0.1) is 0 Å². The number of aryl methyl sites for hydroxylation is 1. The lowest BCUT2D eigenvalue weighted by atomic mass is 9.97. The largest absolute Gasteiger partial charge is 0.350 e. The van der Waals surface area contributed by atoms with Crippen molar-refractivity contribution in [1.82, 2.24) is 34.9 Å². The zero-order chi connectivity index (χ0) is 27.5. The van der Waals surface area contributed by atoms with Crippen LogP contribution in [0.15, 0.2) is 53.4 Å². The second-order valence-electron chi connectivity index (χ2n) is 9.66. The minimum Gasteiger partial charge on any atom is -0.350 e. The fourth-order valence-corrected chi connectivity index (χ4v) is 5.18. The van der Waals surface area contributed by atoms with Crippen molar-refractivity contribution in [3.8, 4) is 11.1 Å². The number of Topliss-reactive ketones (excluding diaryl/α,β-unsaturated/α-hetero) is 1. The monoisotopic (exact) mass is 589 g/mol. The molecule has 200 valence electrons. The molecule has 1 aromatic carbocycles. The van der Waals surface area contributed by atoms with Gasteiger partial charge in [-0.05, 0) is 65.5 Å². The van der Waals surface area contributed by atoms with Gasteiger partial charge in [0.15, 0.2) is 5.78 Å². The maximum Gasteiger partial charge on any atom is 0.244 e. The van der Waals surface area contributed by atoms with Crippen molar-refractivity contribution in [3.05, 3.63) is 70.6 Å². The Labute approximate surface area is 234 Å². The first-order valence-electron chi connectivity index (χ1n) is 12.8. The Bertz CT molecular complexity index is 1550. The van der Waals surface area contributed by atoms with Crippen LogP contribution in [0.25, 0.3) is 22.0 Å². The van der Waals surface area contributed by atoms with Crippen molar-refractivity contribution in [2.45, 2.75) is 39.8 Å². The summed E-state index contributed by atoms with van der Waals surface area (Å²) >= 11 is 3.34. The number of likely N-dealkylation sites (tertiary alicyclic amines) is 1. The zero-order valence-corrected chi connectivity index (χ0v) is 23.3. The number of ketones is 1. The molecule has 11 heteroatoms. The van der Waals surface area contributed by atoms with Crippen LogP contribution in [0.5, 0.6) is 0 Å². The van der Waals surface area contributed by atoms with Gasteiger partial charge in [0.05, 0.1) is 23.7 Å². The van der Waals surface area contributed by atoms with Gasteiger partial charge in [-0.25, -0.2) is 15.0 Å². The first-order valence-corrected chi connectivity index (χ1v) is 13.5. The molecule has 1 aliphatic rings. The molecule has 0 spiro atoms. The number of benzene rings is 1. The molecule has 1 aliphatic heterocycles. The number of carbonyl (C=O) groups excluding carboxylic acids is 3. The number of nitrogens with one attached hydrogen (secondary N) is 1. The summed E-state index contributed by atoms with van der Waals surface area (Å²) < 4.78 is 2.29. The third-order valence-electron chi connectivity index (χ3n) is 6.84. The van der Waals surface area contributed by atoms with E-state index in [1.165, 1.54) is 6.92 Å². The summed E-state index contributed by atoms with van der Waals surface area (Å²) in [6.45, 7) is 4.51. The first kappa shape index (κ1) is 26.6. The Balaban J connectivity index is 1.29. The van der Waals surface area contributed by atoms with E-state index in [1.807, 2.05) is 43.3 Å². The molecular formula is C28H28BrN7O3. The van der Waals surface area contributed by atoms with Crippen LogP contribution in [0.1, 0.15) is 41.8 Å². The molecule has 1 N–H and O–H groups in total. The minimum atomic E-state index is -0.295. The van der Waals surface area contributed by atoms with E-state index in [0.29, 0.717) is 53.1 Å². The molecular weight excluding hydrogens is 562 g/mol. The standard InChI is InChI=1S/C28H28BrN7O3/c1-17(37)27-23-11-19(21-12-30-18(2)31-13-21)8-9-24(23)36(34-27)16-26(38)35-10-4-5-20(15-35)28(39)32-14-22-6-3-7-25(29)33-22/h3,6-9,11-13,20H,4-5,10,14-16H2,1-2H3,(H,32,39)/t20-/m1/s1. The number of amides is 2. The van der Waals surface area contributed by atoms with Gasteiger partial charge in [0.2, 0.25) is 11.8 Å². The number of carbonyl (C=O) groups is 3. The van der Waals surface area contributed by atoms with Gasteiger partial charge in [0, 0.05) is 43.4 Å². The van der Waals surface area contributed by atoms with Crippen LogP contribution in [-0.2, 0) is 22.7 Å². The van der Waals surface area contributed by atoms with E-state index in [-0.39, 0.29) is 30.1 Å². The summed E-state index contributed by atoms with van der Waals surface area (Å²) in [4.78, 5) is 53.1. The fraction of sp³-hybridized carbons (Fsp3) is 0.321. The second kappa shape index (κ2) is 11.4. The van der Waals surface area contributed by atoms with E-state index in [1.54, 1.807) is 22.0 Å². The average molecular weight is 590 g/mol. The van der Waals surface area contributed by atoms with Crippen molar-refractivity contribution >= 4 is 44.4 Å². The highest BCUT2D eigenvalue weighted by Gasteiger charge is 2.29. The highest BCUT2D eigenvalue weighted by atomic mass is 79.9. The summed E-state index contributed by atoms with van der Waals surface area (Å²) in [6, 6.07) is 11.2. The lowest BCUT2D eigenvalue weighted by Gasteiger charge is -2.32. The Hall–Kier alpha value is -3.99. The molecule has 3 aromatic heterocycles. The zero-order valence-electron chi connectivity index (χ0n) is 21.7. The van der Waals surface area contributed by atoms with Crippen LogP contribution in [0.3, 0.4) is 0 Å². The molecule has 4 heterocycles. The van der Waals surface area contributed by atoms with E-state index >= 15 is 0 Å². The van der Waals surface area contributed by atoms with E-state index in [2.05, 4.69) is 41.3 Å². The second-order valence-corrected chi connectivity index (χ2v) is 10.5. The van der Waals surface area contributed by atoms with Crippen molar-refractivity contribution in [2.75, 3.05) is 13.1 Å². The maximum absolute atomic E-state index is 13.3. The number of fused-ring (bicyclic) bond motifs is 1. The predicted molar refractivity (Wildman–Crippen MR) is 149 cm³/mol. The Morgan fingerprint density at radius 1 is 1.10 bits per heavy atom. The predicted octanol–water partition coefficient (Wildman–Crippen LogP) is 3.72. The molecule has 5 rings (SSSR count). The van der Waals surface area contributed by atoms with E-state index in [9.17, 15) is 14.4 Å². The van der Waals surface area contributed by atoms with Crippen LogP contribution >= 0.6 is 15.9 Å². The van der Waals surface area contributed by atoms with Crippen LogP contribution in [0.4, 0.5) is 0 Å². The van der Waals surface area contributed by atoms with Gasteiger partial charge in [0.25, 0.3) is 0 Å². The van der Waals surface area contributed by atoms with Crippen LogP contribution in [0.2, 0.25) is 0 Å². The molecule has 0 unspecified atom stereocenters. The summed E-state index contributed by atoms with van der Waals surface area (Å²) in [5.74, 6) is -0.0362. The topological polar surface area (TPSA) is 123 Å². The molecule has 1 fully saturated rings. The molecule has 0 bridgehead atoms. The normalized spacial score (nSPS) is 15.4. The first-order chi connectivity index (χ1) is 18.8. The molecule has 10 nitrogen and oxygen atoms in total. The number of hydrogen-bond acceptors (Lipinski definition) is 7. The molecule has 2 amide bonds. The molecule has 0 saturated carbocycles. The molecule has 1 saturated heterocycles. The SMILES string of the molecule is CC(=O)c1nn(CC(=O)N2CCC[C@@H](C(=O)NCc3cccc(Br)n3)C2)c2ccc(-c3cnc(C)nc3)cc12. The summed E-state index contributed by atoms with van der Waals surface area (Å²) in [5.41, 5.74) is 3.45. The van der Waals surface area contributed by atoms with Crippen molar-refractivity contribution in [2.24, 2.45) is 5.92 Å². The Morgan fingerprint density at radius 2 is 1.90 bits per heavy atom. The number of aromatic nitrogens is 5. The number of halogens is 1. The number of piperidine rings is 1. The van der Waals surface area contributed by atoms with Crippen LogP contribution in [-0.4, -0.2) is 60.3 Å². The summed E-state index contributed by atoms with van der Waals surface area (Å²) in [7, 11) is 0. The third kappa shape index (κ3) is 6.03. The number of hydrogen-bond donors (Lipinski definition) is 1. The van der Waals surface area contributed by atoms with Crippen LogP contribution in [0, 0.1) is 12.8 Å². The van der Waals surface area contributed by atoms with Gasteiger partial charge < -0.3 is 10.2 Å². The number of rotatable bonds is 7. The van der Waals surface area contributed by atoms with E-state index < -0.39 is 0 Å². The molecule has 4 aromatic rings. The van der Waals surface area contributed by atoms with Crippen molar-refractivity contribution < 1.29 is 14.4 Å². The van der Waals surface area contributed by atoms with Gasteiger partial charge in [-0.3, -0.25) is 19.1 Å². The molecule has 1 atom stereocenters. The number of nitrogens with zero attached hydrogens (tertiary/aromatic N) is 6. The van der Waals surface area contributed by atoms with Gasteiger partial charge >= 0.3 is 0 Å². The summed E-state index contributed by atoms with van der Waals surface area (Å²) in [5, 5.41) is 8.11. The fourth-order valence-electron chi connectivity index (χ4n) is 4.80. The van der Waals surface area contributed by atoms with Gasteiger partial charge in [-0.2, -0.15) is 5.10 Å². The molecule has 0 radical (unpaired) electrons. The third-order valence-corrected chi connectivity index (χ3v) is 7.29. The Kier molecular flexibility index (Phi) is 7.78. The van der Waals surface area contributed by atoms with Crippen molar-refractivity contribution in [1.29, 1.82) is 0 Å². The summed E-state index contributed by atoms with van der Waals surface area (Å²) in [6.07, 6.45) is 4.93. The van der Waals surface area contributed by atoms with Crippen LogP contribution < -0.4 is 5.32 Å². The molecule has 0 aliphatic carbocycles. The molecule has 39 heavy (non-hydrogen) atoms. The average Bonchev–Trinajstić information content (AvgIpc) is 3.30. The van der Waals surface area contributed by atoms with Gasteiger partial charge in [-0.1, -0.05) is 12.1 Å². The van der Waals surface area contributed by atoms with E-state index in [4.69, 9.17) is 0 Å². The lowest BCUT2D eigenvalue weighted by molar-refractivity contribution is -0.136.